The van der Waals surface area contributed by atoms with Gasteiger partial charge in [0.15, 0.2) is 14.9 Å². The number of sulfonamides is 1. The molecule has 0 amide bonds. The Balaban J connectivity index is 0.00000220. The van der Waals surface area contributed by atoms with Crippen molar-refractivity contribution in [2.45, 2.75) is 28.8 Å². The maximum atomic E-state index is 12.4. The van der Waals surface area contributed by atoms with Crippen molar-refractivity contribution in [3.05, 3.63) is 18.3 Å². The van der Waals surface area contributed by atoms with Crippen LogP contribution in [0, 0.1) is 0 Å². The number of hydrogen-bond donors (Lipinski definition) is 1. The van der Waals surface area contributed by atoms with Crippen molar-refractivity contribution in [1.29, 1.82) is 0 Å². The zero-order valence-electron chi connectivity index (χ0n) is 11.5. The molecule has 2 heterocycles. The number of nitrogens with two attached hydrogens (primary N) is 1. The Morgan fingerprint density at radius 2 is 2.00 bits per heavy atom. The molecule has 120 valence electrons. The summed E-state index contributed by atoms with van der Waals surface area (Å²) < 4.78 is 48.9. The molecular formula is C11H18ClN3O4S2. The van der Waals surface area contributed by atoms with Gasteiger partial charge in [-0.05, 0) is 25.0 Å². The first-order chi connectivity index (χ1) is 9.26. The van der Waals surface area contributed by atoms with Crippen molar-refractivity contribution < 1.29 is 16.8 Å². The summed E-state index contributed by atoms with van der Waals surface area (Å²) in [5.74, 6) is 0. The van der Waals surface area contributed by atoms with Crippen LogP contribution in [0.5, 0.6) is 0 Å². The molecule has 1 atom stereocenters. The zero-order valence-corrected chi connectivity index (χ0v) is 13.9. The van der Waals surface area contributed by atoms with E-state index in [9.17, 15) is 16.8 Å². The summed E-state index contributed by atoms with van der Waals surface area (Å²) in [6.45, 7) is 0.701. The molecule has 1 aromatic rings. The fourth-order valence-electron chi connectivity index (χ4n) is 2.24. The third kappa shape index (κ3) is 3.72. The minimum absolute atomic E-state index is 0. The first-order valence-electron chi connectivity index (χ1n) is 6.15. The van der Waals surface area contributed by atoms with E-state index in [1.165, 1.54) is 16.4 Å². The lowest BCUT2D eigenvalue weighted by atomic mass is 10.2. The van der Waals surface area contributed by atoms with Crippen LogP contribution < -0.4 is 5.73 Å². The highest BCUT2D eigenvalue weighted by molar-refractivity contribution is 7.90. The van der Waals surface area contributed by atoms with Gasteiger partial charge in [0, 0.05) is 31.6 Å². The SMILES string of the molecule is CS(=O)(=O)c1ccc(S(=O)(=O)N2CCCC2CN)cn1.Cl. The van der Waals surface area contributed by atoms with Gasteiger partial charge in [-0.3, -0.25) is 0 Å². The molecule has 0 aliphatic carbocycles. The topological polar surface area (TPSA) is 110 Å². The van der Waals surface area contributed by atoms with E-state index >= 15 is 0 Å². The van der Waals surface area contributed by atoms with Gasteiger partial charge >= 0.3 is 0 Å². The lowest BCUT2D eigenvalue weighted by molar-refractivity contribution is 0.393. The number of rotatable bonds is 4. The molecule has 0 bridgehead atoms. The van der Waals surface area contributed by atoms with E-state index in [-0.39, 0.29) is 34.9 Å². The van der Waals surface area contributed by atoms with Crippen LogP contribution in [-0.2, 0) is 19.9 Å². The molecule has 0 saturated carbocycles. The summed E-state index contributed by atoms with van der Waals surface area (Å²) in [5.41, 5.74) is 5.58. The second-order valence-electron chi connectivity index (χ2n) is 4.75. The van der Waals surface area contributed by atoms with Crippen molar-refractivity contribution in [1.82, 2.24) is 9.29 Å². The Morgan fingerprint density at radius 1 is 1.33 bits per heavy atom. The molecule has 1 aliphatic heterocycles. The second kappa shape index (κ2) is 6.57. The monoisotopic (exact) mass is 355 g/mol. The van der Waals surface area contributed by atoms with Gasteiger partial charge in [0.25, 0.3) is 0 Å². The van der Waals surface area contributed by atoms with E-state index < -0.39 is 19.9 Å². The molecule has 0 aromatic carbocycles. The fourth-order valence-corrected chi connectivity index (χ4v) is 4.44. The highest BCUT2D eigenvalue weighted by atomic mass is 35.5. The van der Waals surface area contributed by atoms with Crippen molar-refractivity contribution in [3.8, 4) is 0 Å². The van der Waals surface area contributed by atoms with Gasteiger partial charge in [-0.1, -0.05) is 0 Å². The van der Waals surface area contributed by atoms with Gasteiger partial charge in [-0.15, -0.1) is 12.4 Å². The highest BCUT2D eigenvalue weighted by Crippen LogP contribution is 2.25. The van der Waals surface area contributed by atoms with E-state index in [0.29, 0.717) is 6.54 Å². The molecule has 1 fully saturated rings. The molecule has 1 saturated heterocycles. The Hall–Kier alpha value is -0.740. The first kappa shape index (κ1) is 18.3. The molecule has 7 nitrogen and oxygen atoms in total. The molecule has 1 unspecified atom stereocenters. The quantitative estimate of drug-likeness (QED) is 0.815. The van der Waals surface area contributed by atoms with E-state index in [1.54, 1.807) is 0 Å². The summed E-state index contributed by atoms with van der Waals surface area (Å²) >= 11 is 0. The van der Waals surface area contributed by atoms with Crippen molar-refractivity contribution in [2.75, 3.05) is 19.3 Å². The minimum Gasteiger partial charge on any atom is -0.329 e. The summed E-state index contributed by atoms with van der Waals surface area (Å²) in [7, 11) is -7.11. The largest absolute Gasteiger partial charge is 0.329 e. The van der Waals surface area contributed by atoms with Crippen LogP contribution in [0.25, 0.3) is 0 Å². The normalized spacial score (nSPS) is 20.2. The van der Waals surface area contributed by atoms with Gasteiger partial charge in [-0.25, -0.2) is 21.8 Å². The van der Waals surface area contributed by atoms with Crippen LogP contribution in [-0.4, -0.2) is 51.5 Å². The summed E-state index contributed by atoms with van der Waals surface area (Å²) in [6.07, 6.45) is 3.62. The van der Waals surface area contributed by atoms with E-state index in [2.05, 4.69) is 4.98 Å². The van der Waals surface area contributed by atoms with E-state index in [0.717, 1.165) is 25.3 Å². The van der Waals surface area contributed by atoms with Crippen LogP contribution in [0.2, 0.25) is 0 Å². The van der Waals surface area contributed by atoms with E-state index in [4.69, 9.17) is 5.73 Å². The second-order valence-corrected chi connectivity index (χ2v) is 8.60. The molecule has 1 aliphatic rings. The van der Waals surface area contributed by atoms with Crippen LogP contribution >= 0.6 is 12.4 Å². The maximum Gasteiger partial charge on any atom is 0.244 e. The van der Waals surface area contributed by atoms with Crippen LogP contribution in [0.3, 0.4) is 0 Å². The van der Waals surface area contributed by atoms with Crippen LogP contribution in [0.15, 0.2) is 28.3 Å². The Bertz CT molecular complexity index is 689. The van der Waals surface area contributed by atoms with Crippen LogP contribution in [0.4, 0.5) is 0 Å². The molecule has 10 heteroatoms. The zero-order chi connectivity index (χ0) is 15.0. The number of sulfone groups is 1. The maximum absolute atomic E-state index is 12.4. The molecule has 0 spiro atoms. The summed E-state index contributed by atoms with van der Waals surface area (Å²) in [6, 6.07) is 2.27. The standard InChI is InChI=1S/C11H17N3O4S2.ClH/c1-19(15,16)11-5-4-10(8-13-11)20(17,18)14-6-2-3-9(14)7-12;/h4-5,8-9H,2-3,6-7,12H2,1H3;1H. The average molecular weight is 356 g/mol. The number of pyridine rings is 1. The number of aromatic nitrogens is 1. The molecular weight excluding hydrogens is 338 g/mol. The third-order valence-corrected chi connectivity index (χ3v) is 6.23. The number of hydrogen-bond acceptors (Lipinski definition) is 6. The van der Waals surface area contributed by atoms with Gasteiger partial charge in [0.1, 0.15) is 4.90 Å². The first-order valence-corrected chi connectivity index (χ1v) is 9.48. The predicted molar refractivity (Wildman–Crippen MR) is 80.6 cm³/mol. The molecule has 0 radical (unpaired) electrons. The fraction of sp³-hybridized carbons (Fsp3) is 0.545. The summed E-state index contributed by atoms with van der Waals surface area (Å²) in [5, 5.41) is -0.145. The van der Waals surface area contributed by atoms with E-state index in [1.807, 2.05) is 0 Å². The number of nitrogens with zero attached hydrogens (tertiary/aromatic N) is 2. The Morgan fingerprint density at radius 3 is 2.48 bits per heavy atom. The Labute approximate surface area is 130 Å². The minimum atomic E-state index is -3.67. The van der Waals surface area contributed by atoms with Crippen molar-refractivity contribution in [3.63, 3.8) is 0 Å². The molecule has 2 N–H and O–H groups in total. The molecule has 21 heavy (non-hydrogen) atoms. The van der Waals surface area contributed by atoms with Gasteiger partial charge in [0.2, 0.25) is 10.0 Å². The van der Waals surface area contributed by atoms with Gasteiger partial charge in [-0.2, -0.15) is 4.31 Å². The van der Waals surface area contributed by atoms with Crippen molar-refractivity contribution in [2.24, 2.45) is 5.73 Å². The van der Waals surface area contributed by atoms with Crippen molar-refractivity contribution >= 4 is 32.3 Å². The smallest absolute Gasteiger partial charge is 0.244 e. The average Bonchev–Trinajstić information content (AvgIpc) is 2.87. The Kier molecular flexibility index (Phi) is 5.73. The van der Waals surface area contributed by atoms with Gasteiger partial charge in [0.05, 0.1) is 0 Å². The molecule has 2 rings (SSSR count). The van der Waals surface area contributed by atoms with Gasteiger partial charge < -0.3 is 5.73 Å². The predicted octanol–water partition coefficient (Wildman–Crippen LogP) is 0.0187. The third-order valence-electron chi connectivity index (χ3n) is 3.29. The summed E-state index contributed by atoms with van der Waals surface area (Å²) in [4.78, 5) is 3.70. The lowest BCUT2D eigenvalue weighted by Gasteiger charge is -2.22. The number of halogens is 1. The van der Waals surface area contributed by atoms with Crippen LogP contribution in [0.1, 0.15) is 12.8 Å². The highest BCUT2D eigenvalue weighted by Gasteiger charge is 2.34. The molecule has 1 aromatic heterocycles. The lowest BCUT2D eigenvalue weighted by Crippen LogP contribution is -2.39.